The van der Waals surface area contributed by atoms with Crippen molar-refractivity contribution in [2.24, 2.45) is 0 Å². The number of nitrogens with zero attached hydrogens (tertiary/aromatic N) is 1. The molecule has 3 rings (SSSR count). The predicted molar refractivity (Wildman–Crippen MR) is 116 cm³/mol. The molecule has 0 atom stereocenters. The van der Waals surface area contributed by atoms with E-state index in [0.29, 0.717) is 33.7 Å². The SMILES string of the molecule is N#C/C(=C/c1ccc(OCc2ccc(Cl)c(Cl)c2)cc1)C(=O)Nc1ccc(F)cc1. The highest BCUT2D eigenvalue weighted by Gasteiger charge is 2.10. The minimum absolute atomic E-state index is 0.0798. The number of ether oxygens (including phenoxy) is 1. The highest BCUT2D eigenvalue weighted by molar-refractivity contribution is 6.42. The maximum Gasteiger partial charge on any atom is 0.266 e. The van der Waals surface area contributed by atoms with Crippen molar-refractivity contribution in [3.63, 3.8) is 0 Å². The Hall–Kier alpha value is -3.33. The van der Waals surface area contributed by atoms with Crippen LogP contribution in [0.15, 0.2) is 72.3 Å². The molecule has 3 aromatic carbocycles. The van der Waals surface area contributed by atoms with E-state index in [9.17, 15) is 14.4 Å². The molecule has 0 unspecified atom stereocenters. The summed E-state index contributed by atoms with van der Waals surface area (Å²) in [5.74, 6) is -0.373. The molecule has 0 fully saturated rings. The van der Waals surface area contributed by atoms with Crippen molar-refractivity contribution in [2.45, 2.75) is 6.61 Å². The van der Waals surface area contributed by atoms with Crippen molar-refractivity contribution >= 4 is 40.9 Å². The van der Waals surface area contributed by atoms with Crippen LogP contribution in [0.1, 0.15) is 11.1 Å². The Balaban J connectivity index is 1.64. The predicted octanol–water partition coefficient (Wildman–Crippen LogP) is 6.26. The van der Waals surface area contributed by atoms with Crippen molar-refractivity contribution in [1.29, 1.82) is 5.26 Å². The summed E-state index contributed by atoms with van der Waals surface area (Å²) in [5, 5.41) is 12.8. The molecule has 0 aliphatic heterocycles. The van der Waals surface area contributed by atoms with Crippen LogP contribution in [-0.4, -0.2) is 5.91 Å². The van der Waals surface area contributed by atoms with Gasteiger partial charge in [0.15, 0.2) is 0 Å². The summed E-state index contributed by atoms with van der Waals surface area (Å²) >= 11 is 11.9. The summed E-state index contributed by atoms with van der Waals surface area (Å²) in [5.41, 5.74) is 1.85. The van der Waals surface area contributed by atoms with Crippen LogP contribution in [0, 0.1) is 17.1 Å². The van der Waals surface area contributed by atoms with Gasteiger partial charge in [-0.05, 0) is 65.7 Å². The van der Waals surface area contributed by atoms with E-state index in [0.717, 1.165) is 5.56 Å². The average Bonchev–Trinajstić information content (AvgIpc) is 2.75. The molecular formula is C23H15Cl2FN2O2. The van der Waals surface area contributed by atoms with Crippen LogP contribution >= 0.6 is 23.2 Å². The fourth-order valence-electron chi connectivity index (χ4n) is 2.50. The van der Waals surface area contributed by atoms with Gasteiger partial charge in [-0.25, -0.2) is 4.39 Å². The van der Waals surface area contributed by atoms with Gasteiger partial charge < -0.3 is 10.1 Å². The standard InChI is InChI=1S/C23H15Cl2FN2O2/c24-21-10-3-16(12-22(21)25)14-30-20-8-1-15(2-9-20)11-17(13-27)23(29)28-19-6-4-18(26)5-7-19/h1-12H,14H2,(H,28,29)/b17-11-. The summed E-state index contributed by atoms with van der Waals surface area (Å²) in [7, 11) is 0. The molecule has 0 saturated heterocycles. The first-order valence-electron chi connectivity index (χ1n) is 8.80. The van der Waals surface area contributed by atoms with E-state index >= 15 is 0 Å². The normalized spacial score (nSPS) is 10.9. The minimum atomic E-state index is -0.580. The van der Waals surface area contributed by atoms with Crippen molar-refractivity contribution < 1.29 is 13.9 Å². The Morgan fingerprint density at radius 2 is 1.73 bits per heavy atom. The Labute approximate surface area is 183 Å². The van der Waals surface area contributed by atoms with Gasteiger partial charge in [0.05, 0.1) is 10.0 Å². The Bertz CT molecular complexity index is 1120. The second kappa shape index (κ2) is 9.93. The summed E-state index contributed by atoms with van der Waals surface area (Å²) in [6.07, 6.45) is 1.46. The number of benzene rings is 3. The number of rotatable bonds is 6. The highest BCUT2D eigenvalue weighted by Crippen LogP contribution is 2.24. The molecular weight excluding hydrogens is 426 g/mol. The van der Waals surface area contributed by atoms with Crippen molar-refractivity contribution in [1.82, 2.24) is 0 Å². The van der Waals surface area contributed by atoms with Crippen LogP contribution in [-0.2, 0) is 11.4 Å². The van der Waals surface area contributed by atoms with Crippen LogP contribution in [0.3, 0.4) is 0 Å². The number of hydrogen-bond acceptors (Lipinski definition) is 3. The molecule has 4 nitrogen and oxygen atoms in total. The van der Waals surface area contributed by atoms with Gasteiger partial charge in [-0.2, -0.15) is 5.26 Å². The molecule has 3 aromatic rings. The smallest absolute Gasteiger partial charge is 0.266 e. The molecule has 0 aromatic heterocycles. The van der Waals surface area contributed by atoms with E-state index in [1.54, 1.807) is 36.4 Å². The maximum atomic E-state index is 13.0. The lowest BCUT2D eigenvalue weighted by Gasteiger charge is -2.08. The second-order valence-corrected chi connectivity index (χ2v) is 7.05. The maximum absolute atomic E-state index is 13.0. The lowest BCUT2D eigenvalue weighted by molar-refractivity contribution is -0.112. The van der Waals surface area contributed by atoms with Crippen molar-refractivity contribution in [3.05, 3.63) is 99.3 Å². The van der Waals surface area contributed by atoms with E-state index in [2.05, 4.69) is 5.32 Å². The van der Waals surface area contributed by atoms with E-state index < -0.39 is 11.7 Å². The van der Waals surface area contributed by atoms with Crippen molar-refractivity contribution in [3.8, 4) is 11.8 Å². The number of anilines is 1. The molecule has 1 N–H and O–H groups in total. The second-order valence-electron chi connectivity index (χ2n) is 6.24. The zero-order valence-electron chi connectivity index (χ0n) is 15.5. The molecule has 30 heavy (non-hydrogen) atoms. The molecule has 0 radical (unpaired) electrons. The largest absolute Gasteiger partial charge is 0.489 e. The minimum Gasteiger partial charge on any atom is -0.489 e. The van der Waals surface area contributed by atoms with E-state index in [1.807, 2.05) is 12.1 Å². The number of nitrogens with one attached hydrogen (secondary N) is 1. The monoisotopic (exact) mass is 440 g/mol. The summed E-state index contributed by atoms with van der Waals surface area (Å²) < 4.78 is 18.7. The van der Waals surface area contributed by atoms with Gasteiger partial charge in [0.1, 0.15) is 29.8 Å². The topological polar surface area (TPSA) is 62.1 Å². The molecule has 0 bridgehead atoms. The molecule has 0 aliphatic rings. The van der Waals surface area contributed by atoms with Gasteiger partial charge in [0.2, 0.25) is 0 Å². The van der Waals surface area contributed by atoms with Gasteiger partial charge in [-0.3, -0.25) is 4.79 Å². The number of carbonyl (C=O) groups is 1. The summed E-state index contributed by atoms with van der Waals surface area (Å²) in [4.78, 5) is 12.3. The molecule has 0 aliphatic carbocycles. The van der Waals surface area contributed by atoms with Gasteiger partial charge >= 0.3 is 0 Å². The average molecular weight is 441 g/mol. The Kier molecular flexibility index (Phi) is 7.08. The number of carbonyl (C=O) groups excluding carboxylic acids is 1. The fourth-order valence-corrected chi connectivity index (χ4v) is 2.82. The summed E-state index contributed by atoms with van der Waals surface area (Å²) in [6, 6.07) is 19.3. The third kappa shape index (κ3) is 5.84. The summed E-state index contributed by atoms with van der Waals surface area (Å²) in [6.45, 7) is 0.315. The Morgan fingerprint density at radius 3 is 2.37 bits per heavy atom. The molecule has 0 saturated carbocycles. The molecule has 1 amide bonds. The van der Waals surface area contributed by atoms with E-state index in [4.69, 9.17) is 27.9 Å². The number of nitriles is 1. The fraction of sp³-hybridized carbons (Fsp3) is 0.0435. The number of hydrogen-bond donors (Lipinski definition) is 1. The van der Waals surface area contributed by atoms with Gasteiger partial charge in [-0.1, -0.05) is 41.4 Å². The van der Waals surface area contributed by atoms with E-state index in [-0.39, 0.29) is 5.57 Å². The molecule has 0 heterocycles. The highest BCUT2D eigenvalue weighted by atomic mass is 35.5. The van der Waals surface area contributed by atoms with Gasteiger partial charge in [0.25, 0.3) is 5.91 Å². The first-order valence-corrected chi connectivity index (χ1v) is 9.56. The lowest BCUT2D eigenvalue weighted by Crippen LogP contribution is -2.13. The zero-order chi connectivity index (χ0) is 21.5. The van der Waals surface area contributed by atoms with Crippen LogP contribution < -0.4 is 10.1 Å². The lowest BCUT2D eigenvalue weighted by atomic mass is 10.1. The first-order chi connectivity index (χ1) is 14.4. The van der Waals surface area contributed by atoms with Crippen LogP contribution in [0.4, 0.5) is 10.1 Å². The van der Waals surface area contributed by atoms with E-state index in [1.165, 1.54) is 30.3 Å². The van der Waals surface area contributed by atoms with Crippen LogP contribution in [0.2, 0.25) is 10.0 Å². The molecule has 150 valence electrons. The third-order valence-corrected chi connectivity index (χ3v) is 4.79. The Morgan fingerprint density at radius 1 is 1.03 bits per heavy atom. The third-order valence-electron chi connectivity index (χ3n) is 4.05. The van der Waals surface area contributed by atoms with Gasteiger partial charge in [0, 0.05) is 5.69 Å². The van der Waals surface area contributed by atoms with Crippen LogP contribution in [0.5, 0.6) is 5.75 Å². The molecule has 7 heteroatoms. The number of halogens is 3. The van der Waals surface area contributed by atoms with Gasteiger partial charge in [-0.15, -0.1) is 0 Å². The molecule has 0 spiro atoms. The van der Waals surface area contributed by atoms with Crippen LogP contribution in [0.25, 0.3) is 6.08 Å². The first kappa shape index (κ1) is 21.4. The zero-order valence-corrected chi connectivity index (χ0v) is 17.0. The quantitative estimate of drug-likeness (QED) is 0.363. The number of amides is 1. The van der Waals surface area contributed by atoms with Crippen molar-refractivity contribution in [2.75, 3.05) is 5.32 Å².